The van der Waals surface area contributed by atoms with Crippen LogP contribution in [0.3, 0.4) is 0 Å². The first-order chi connectivity index (χ1) is 14.6. The number of hydrogen-bond donors (Lipinski definition) is 3. The number of aliphatic carboxylic acids is 1. The SMILES string of the molecule is CNC(=O)c1cccc(-c2ccc(C(CCSCCC(N)C(=O)O)C(F)(F)F)cc2)c1. The van der Waals surface area contributed by atoms with Crippen molar-refractivity contribution >= 4 is 23.6 Å². The summed E-state index contributed by atoms with van der Waals surface area (Å²) in [6.07, 6.45) is -4.29. The molecule has 168 valence electrons. The second kappa shape index (κ2) is 11.2. The summed E-state index contributed by atoms with van der Waals surface area (Å²) in [5.74, 6) is -2.34. The van der Waals surface area contributed by atoms with E-state index >= 15 is 0 Å². The van der Waals surface area contributed by atoms with E-state index < -0.39 is 24.1 Å². The Morgan fingerprint density at radius 3 is 2.29 bits per heavy atom. The van der Waals surface area contributed by atoms with Crippen molar-refractivity contribution in [2.45, 2.75) is 31.0 Å². The summed E-state index contributed by atoms with van der Waals surface area (Å²) in [7, 11) is 1.53. The fraction of sp³-hybridized carbons (Fsp3) is 0.364. The Bertz CT molecular complexity index is 888. The van der Waals surface area contributed by atoms with Crippen molar-refractivity contribution in [1.29, 1.82) is 0 Å². The monoisotopic (exact) mass is 454 g/mol. The summed E-state index contributed by atoms with van der Waals surface area (Å²) in [4.78, 5) is 22.5. The van der Waals surface area contributed by atoms with Gasteiger partial charge in [-0.25, -0.2) is 0 Å². The van der Waals surface area contributed by atoms with Gasteiger partial charge in [-0.15, -0.1) is 0 Å². The zero-order valence-corrected chi connectivity index (χ0v) is 17.8. The Labute approximate surface area is 183 Å². The fourth-order valence-corrected chi connectivity index (χ4v) is 4.08. The average molecular weight is 455 g/mol. The molecule has 1 amide bonds. The molecule has 0 heterocycles. The molecule has 0 aromatic heterocycles. The maximum Gasteiger partial charge on any atom is 0.395 e. The van der Waals surface area contributed by atoms with Crippen molar-refractivity contribution in [3.05, 3.63) is 59.7 Å². The van der Waals surface area contributed by atoms with Gasteiger partial charge in [-0.3, -0.25) is 9.59 Å². The molecule has 2 unspecified atom stereocenters. The number of rotatable bonds is 10. The van der Waals surface area contributed by atoms with Gasteiger partial charge in [0, 0.05) is 12.6 Å². The number of nitrogens with one attached hydrogen (secondary N) is 1. The molecule has 0 saturated heterocycles. The first kappa shape index (κ1) is 24.7. The summed E-state index contributed by atoms with van der Waals surface area (Å²) >= 11 is 1.26. The molecule has 31 heavy (non-hydrogen) atoms. The summed E-state index contributed by atoms with van der Waals surface area (Å²) in [6.45, 7) is 0. The van der Waals surface area contributed by atoms with Gasteiger partial charge in [-0.05, 0) is 53.2 Å². The van der Waals surface area contributed by atoms with E-state index in [4.69, 9.17) is 10.8 Å². The number of carboxylic acids is 1. The standard InChI is InChI=1S/C22H25F3N2O3S/c1-27-20(28)17-4-2-3-16(13-17)14-5-7-15(8-6-14)18(22(23,24)25)9-11-31-12-10-19(26)21(29)30/h2-8,13,18-19H,9-12,26H2,1H3,(H,27,28)(H,29,30). The summed E-state index contributed by atoms with van der Waals surface area (Å²) in [6, 6.07) is 12.0. The second-order valence-electron chi connectivity index (χ2n) is 7.01. The van der Waals surface area contributed by atoms with Gasteiger partial charge in [-0.2, -0.15) is 24.9 Å². The van der Waals surface area contributed by atoms with Gasteiger partial charge >= 0.3 is 12.1 Å². The van der Waals surface area contributed by atoms with Crippen LogP contribution in [0.2, 0.25) is 0 Å². The number of benzene rings is 2. The molecule has 2 aromatic rings. The third kappa shape index (κ3) is 7.29. The lowest BCUT2D eigenvalue weighted by molar-refractivity contribution is -0.150. The van der Waals surface area contributed by atoms with E-state index in [0.29, 0.717) is 16.9 Å². The number of carboxylic acid groups (broad SMARTS) is 1. The second-order valence-corrected chi connectivity index (χ2v) is 8.24. The van der Waals surface area contributed by atoms with Gasteiger partial charge in [0.05, 0.1) is 5.92 Å². The number of thioether (sulfide) groups is 1. The van der Waals surface area contributed by atoms with E-state index in [-0.39, 0.29) is 30.1 Å². The Morgan fingerprint density at radius 2 is 1.71 bits per heavy atom. The Balaban J connectivity index is 2.06. The molecule has 0 aliphatic rings. The molecular formula is C22H25F3N2O3S. The molecule has 0 radical (unpaired) electrons. The van der Waals surface area contributed by atoms with Crippen LogP contribution in [0.1, 0.15) is 34.7 Å². The summed E-state index contributed by atoms with van der Waals surface area (Å²) in [5, 5.41) is 11.3. The Kier molecular flexibility index (Phi) is 8.94. The molecule has 9 heteroatoms. The highest BCUT2D eigenvalue weighted by Gasteiger charge is 2.40. The van der Waals surface area contributed by atoms with Crippen LogP contribution in [0, 0.1) is 0 Å². The van der Waals surface area contributed by atoms with E-state index in [9.17, 15) is 22.8 Å². The van der Waals surface area contributed by atoms with Gasteiger partial charge in [0.2, 0.25) is 0 Å². The highest BCUT2D eigenvalue weighted by molar-refractivity contribution is 7.99. The number of carbonyl (C=O) groups excluding carboxylic acids is 1. The van der Waals surface area contributed by atoms with Crippen LogP contribution in [0.15, 0.2) is 48.5 Å². The zero-order chi connectivity index (χ0) is 23.0. The number of hydrogen-bond acceptors (Lipinski definition) is 4. The van der Waals surface area contributed by atoms with Crippen molar-refractivity contribution in [1.82, 2.24) is 5.32 Å². The molecule has 2 rings (SSSR count). The van der Waals surface area contributed by atoms with Crippen molar-refractivity contribution in [2.24, 2.45) is 5.73 Å². The molecule has 0 saturated carbocycles. The first-order valence-corrected chi connectivity index (χ1v) is 10.8. The van der Waals surface area contributed by atoms with Crippen LogP contribution in [0.25, 0.3) is 11.1 Å². The lowest BCUT2D eigenvalue weighted by Crippen LogP contribution is -2.30. The smallest absolute Gasteiger partial charge is 0.395 e. The van der Waals surface area contributed by atoms with Crippen molar-refractivity contribution in [2.75, 3.05) is 18.6 Å². The van der Waals surface area contributed by atoms with Gasteiger partial charge in [0.1, 0.15) is 6.04 Å². The van der Waals surface area contributed by atoms with E-state index in [0.717, 1.165) is 5.56 Å². The number of halogens is 3. The van der Waals surface area contributed by atoms with Crippen molar-refractivity contribution in [3.8, 4) is 11.1 Å². The third-order valence-electron chi connectivity index (χ3n) is 4.83. The van der Waals surface area contributed by atoms with E-state index in [2.05, 4.69) is 5.32 Å². The fourth-order valence-electron chi connectivity index (χ4n) is 3.05. The molecule has 0 aliphatic carbocycles. The molecule has 2 atom stereocenters. The maximum atomic E-state index is 13.6. The molecule has 4 N–H and O–H groups in total. The van der Waals surface area contributed by atoms with Crippen LogP contribution >= 0.6 is 11.8 Å². The van der Waals surface area contributed by atoms with Crippen LogP contribution in [0.4, 0.5) is 13.2 Å². The lowest BCUT2D eigenvalue weighted by atomic mass is 9.93. The lowest BCUT2D eigenvalue weighted by Gasteiger charge is -2.21. The maximum absolute atomic E-state index is 13.6. The Morgan fingerprint density at radius 1 is 1.06 bits per heavy atom. The predicted octanol–water partition coefficient (Wildman–Crippen LogP) is 4.28. The van der Waals surface area contributed by atoms with Crippen LogP contribution in [0.5, 0.6) is 0 Å². The number of carbonyl (C=O) groups is 2. The minimum Gasteiger partial charge on any atom is -0.480 e. The summed E-state index contributed by atoms with van der Waals surface area (Å²) < 4.78 is 40.8. The highest BCUT2D eigenvalue weighted by atomic mass is 32.2. The van der Waals surface area contributed by atoms with Crippen molar-refractivity contribution in [3.63, 3.8) is 0 Å². The molecule has 0 spiro atoms. The Hall–Kier alpha value is -2.52. The normalized spacial score (nSPS) is 13.5. The molecule has 2 aromatic carbocycles. The number of nitrogens with two attached hydrogens (primary N) is 1. The van der Waals surface area contributed by atoms with Crippen LogP contribution < -0.4 is 11.1 Å². The largest absolute Gasteiger partial charge is 0.480 e. The minimum atomic E-state index is -4.39. The van der Waals surface area contributed by atoms with E-state index in [1.807, 2.05) is 0 Å². The van der Waals surface area contributed by atoms with Crippen LogP contribution in [-0.4, -0.2) is 47.8 Å². The van der Waals surface area contributed by atoms with E-state index in [1.54, 1.807) is 36.4 Å². The minimum absolute atomic E-state index is 0.109. The van der Waals surface area contributed by atoms with Gasteiger partial charge in [0.25, 0.3) is 5.91 Å². The third-order valence-corrected chi connectivity index (χ3v) is 5.88. The topological polar surface area (TPSA) is 92.4 Å². The highest BCUT2D eigenvalue weighted by Crippen LogP contribution is 2.39. The first-order valence-electron chi connectivity index (χ1n) is 9.68. The van der Waals surface area contributed by atoms with Gasteiger partial charge < -0.3 is 16.2 Å². The molecular weight excluding hydrogens is 429 g/mol. The van der Waals surface area contributed by atoms with Crippen LogP contribution in [-0.2, 0) is 4.79 Å². The molecule has 0 fully saturated rings. The quantitative estimate of drug-likeness (QED) is 0.466. The molecule has 0 bridgehead atoms. The van der Waals surface area contributed by atoms with Crippen molar-refractivity contribution < 1.29 is 27.9 Å². The van der Waals surface area contributed by atoms with Gasteiger partial charge in [0.15, 0.2) is 0 Å². The average Bonchev–Trinajstić information content (AvgIpc) is 2.74. The zero-order valence-electron chi connectivity index (χ0n) is 17.0. The molecule has 5 nitrogen and oxygen atoms in total. The number of amides is 1. The number of alkyl halides is 3. The predicted molar refractivity (Wildman–Crippen MR) is 116 cm³/mol. The van der Waals surface area contributed by atoms with E-state index in [1.165, 1.54) is 30.9 Å². The molecule has 0 aliphatic heterocycles. The van der Waals surface area contributed by atoms with Gasteiger partial charge in [-0.1, -0.05) is 36.4 Å². The summed E-state index contributed by atoms with van der Waals surface area (Å²) in [5.41, 5.74) is 7.49.